The average Bonchev–Trinajstić information content (AvgIpc) is 3.35. The predicted molar refractivity (Wildman–Crippen MR) is 127 cm³/mol. The number of fused-ring (bicyclic) bond motifs is 2. The van der Waals surface area contributed by atoms with E-state index in [0.717, 1.165) is 23.3 Å². The Morgan fingerprint density at radius 1 is 1.14 bits per heavy atom. The van der Waals surface area contributed by atoms with Crippen LogP contribution in [0.5, 0.6) is 5.75 Å². The Morgan fingerprint density at radius 2 is 1.81 bits per heavy atom. The summed E-state index contributed by atoms with van der Waals surface area (Å²) in [5, 5.41) is 12.8. The van der Waals surface area contributed by atoms with E-state index in [4.69, 9.17) is 4.74 Å². The van der Waals surface area contributed by atoms with E-state index < -0.39 is 35.3 Å². The number of nitrogens with one attached hydrogen (secondary N) is 1. The van der Waals surface area contributed by atoms with Crippen LogP contribution in [-0.4, -0.2) is 53.0 Å². The van der Waals surface area contributed by atoms with Gasteiger partial charge >= 0.3 is 5.97 Å². The van der Waals surface area contributed by atoms with Crippen LogP contribution in [0, 0.1) is 17.0 Å². The van der Waals surface area contributed by atoms with Gasteiger partial charge in [-0.05, 0) is 48.6 Å². The molecule has 0 saturated carbocycles. The summed E-state index contributed by atoms with van der Waals surface area (Å²) in [5.41, 5.74) is 0.515. The number of nitrogens with zero attached hydrogens (tertiary/aromatic N) is 2. The van der Waals surface area contributed by atoms with E-state index in [1.807, 2.05) is 0 Å². The second kappa shape index (κ2) is 9.12. The van der Waals surface area contributed by atoms with Crippen LogP contribution in [0.25, 0.3) is 10.2 Å². The third-order valence-corrected chi connectivity index (χ3v) is 7.82. The maximum atomic E-state index is 13.7. The molecule has 1 aromatic heterocycles. The SMILES string of the molecule is COc1cc2sc(CNC(=O)C3(CC(=O)O)Cc4cc(F)c(F)cc4C3)nc2cc1C(=O)N1CCC1. The number of likely N-dealkylation sites (tertiary alicyclic amines) is 1. The lowest BCUT2D eigenvalue weighted by Crippen LogP contribution is -2.43. The van der Waals surface area contributed by atoms with Crippen molar-refractivity contribution >= 4 is 39.3 Å². The Balaban J connectivity index is 1.36. The highest BCUT2D eigenvalue weighted by atomic mass is 32.1. The van der Waals surface area contributed by atoms with Gasteiger partial charge in [0.2, 0.25) is 5.91 Å². The van der Waals surface area contributed by atoms with Crippen molar-refractivity contribution in [3.8, 4) is 5.75 Å². The summed E-state index contributed by atoms with van der Waals surface area (Å²) < 4.78 is 33.7. The van der Waals surface area contributed by atoms with Gasteiger partial charge in [-0.3, -0.25) is 14.4 Å². The van der Waals surface area contributed by atoms with Crippen LogP contribution in [0.1, 0.15) is 39.3 Å². The molecule has 11 heteroatoms. The molecular weight excluding hydrogens is 492 g/mol. The molecule has 8 nitrogen and oxygen atoms in total. The van der Waals surface area contributed by atoms with Crippen LogP contribution in [0.15, 0.2) is 24.3 Å². The summed E-state index contributed by atoms with van der Waals surface area (Å²) in [5.74, 6) is -3.43. The quantitative estimate of drug-likeness (QED) is 0.500. The molecule has 3 aromatic rings. The highest BCUT2D eigenvalue weighted by Gasteiger charge is 2.46. The Hall–Kier alpha value is -3.60. The van der Waals surface area contributed by atoms with E-state index in [-0.39, 0.29) is 25.3 Å². The lowest BCUT2D eigenvalue weighted by molar-refractivity contribution is -0.145. The van der Waals surface area contributed by atoms with Crippen LogP contribution in [-0.2, 0) is 29.0 Å². The van der Waals surface area contributed by atoms with E-state index in [1.165, 1.54) is 18.4 Å². The van der Waals surface area contributed by atoms with Crippen LogP contribution in [0.4, 0.5) is 8.78 Å². The Labute approximate surface area is 208 Å². The number of hydrogen-bond acceptors (Lipinski definition) is 6. The Morgan fingerprint density at radius 3 is 2.36 bits per heavy atom. The number of aliphatic carboxylic acids is 1. The molecule has 2 amide bonds. The number of ether oxygens (including phenoxy) is 1. The first-order valence-electron chi connectivity index (χ1n) is 11.4. The van der Waals surface area contributed by atoms with Gasteiger partial charge in [0.05, 0.1) is 41.3 Å². The molecule has 0 spiro atoms. The highest BCUT2D eigenvalue weighted by molar-refractivity contribution is 7.18. The summed E-state index contributed by atoms with van der Waals surface area (Å²) in [6, 6.07) is 5.48. The standard InChI is InChI=1S/C25H23F2N3O5S/c1-35-19-8-20-18(7-15(19)23(33)30-3-2-4-30)29-21(36-20)12-28-24(34)25(11-22(31)32)9-13-5-16(26)17(27)6-14(13)10-25/h5-8H,2-4,9-12H2,1H3,(H,28,34)(H,31,32). The zero-order valence-electron chi connectivity index (χ0n) is 19.4. The second-order valence-corrected chi connectivity index (χ2v) is 10.3. The van der Waals surface area contributed by atoms with E-state index in [2.05, 4.69) is 10.3 Å². The zero-order valence-corrected chi connectivity index (χ0v) is 20.2. The molecule has 188 valence electrons. The van der Waals surface area contributed by atoms with E-state index in [9.17, 15) is 28.3 Å². The van der Waals surface area contributed by atoms with Crippen molar-refractivity contribution < 1.29 is 33.0 Å². The maximum Gasteiger partial charge on any atom is 0.304 e. The van der Waals surface area contributed by atoms with Crippen LogP contribution < -0.4 is 10.1 Å². The lowest BCUT2D eigenvalue weighted by atomic mass is 9.80. The number of hydrogen-bond donors (Lipinski definition) is 2. The van der Waals surface area contributed by atoms with Gasteiger partial charge in [-0.2, -0.15) is 0 Å². The number of methoxy groups -OCH3 is 1. The number of amides is 2. The van der Waals surface area contributed by atoms with Gasteiger partial charge in [-0.25, -0.2) is 13.8 Å². The molecule has 2 aliphatic rings. The Bertz CT molecular complexity index is 1370. The number of rotatable bonds is 7. The number of aromatic nitrogens is 1. The summed E-state index contributed by atoms with van der Waals surface area (Å²) in [6.45, 7) is 1.45. The first-order chi connectivity index (χ1) is 17.2. The monoisotopic (exact) mass is 515 g/mol. The fourth-order valence-corrected chi connectivity index (χ4v) is 5.77. The summed E-state index contributed by atoms with van der Waals surface area (Å²) in [7, 11) is 1.50. The van der Waals surface area contributed by atoms with E-state index in [1.54, 1.807) is 17.0 Å². The number of thiazole rings is 1. The van der Waals surface area contributed by atoms with Gasteiger partial charge in [0, 0.05) is 19.2 Å². The van der Waals surface area contributed by atoms with Crippen molar-refractivity contribution in [2.75, 3.05) is 20.2 Å². The topological polar surface area (TPSA) is 109 Å². The van der Waals surface area contributed by atoms with Gasteiger partial charge < -0.3 is 20.1 Å². The van der Waals surface area contributed by atoms with Crippen molar-refractivity contribution in [2.24, 2.45) is 5.41 Å². The minimum Gasteiger partial charge on any atom is -0.496 e. The minimum absolute atomic E-state index is 0.00329. The number of carbonyl (C=O) groups is 3. The molecule has 1 saturated heterocycles. The first kappa shape index (κ1) is 24.1. The maximum absolute atomic E-state index is 13.7. The zero-order chi connectivity index (χ0) is 25.6. The summed E-state index contributed by atoms with van der Waals surface area (Å²) >= 11 is 1.32. The fourth-order valence-electron chi connectivity index (χ4n) is 4.85. The van der Waals surface area contributed by atoms with Crippen molar-refractivity contribution in [3.63, 3.8) is 0 Å². The summed E-state index contributed by atoms with van der Waals surface area (Å²) in [4.78, 5) is 43.8. The normalized spacial score (nSPS) is 15.9. The van der Waals surface area contributed by atoms with Gasteiger partial charge in [-0.15, -0.1) is 11.3 Å². The third kappa shape index (κ3) is 4.27. The molecule has 2 aromatic carbocycles. The second-order valence-electron chi connectivity index (χ2n) is 9.20. The third-order valence-electron chi connectivity index (χ3n) is 6.80. The number of carboxylic acid groups (broad SMARTS) is 1. The molecule has 0 radical (unpaired) electrons. The fraction of sp³-hybridized carbons (Fsp3) is 0.360. The molecule has 0 atom stereocenters. The van der Waals surface area contributed by atoms with Gasteiger partial charge in [0.25, 0.3) is 5.91 Å². The number of halogens is 2. The Kier molecular flexibility index (Phi) is 6.11. The lowest BCUT2D eigenvalue weighted by Gasteiger charge is -2.31. The van der Waals surface area contributed by atoms with Gasteiger partial charge in [0.1, 0.15) is 10.8 Å². The molecule has 1 fully saturated rings. The van der Waals surface area contributed by atoms with Gasteiger partial charge in [0.15, 0.2) is 11.6 Å². The van der Waals surface area contributed by atoms with Crippen molar-refractivity contribution in [3.05, 3.63) is 57.6 Å². The molecule has 0 unspecified atom stereocenters. The van der Waals surface area contributed by atoms with Crippen LogP contribution in [0.3, 0.4) is 0 Å². The van der Waals surface area contributed by atoms with Crippen LogP contribution >= 0.6 is 11.3 Å². The van der Waals surface area contributed by atoms with Crippen molar-refractivity contribution in [1.29, 1.82) is 0 Å². The summed E-state index contributed by atoms with van der Waals surface area (Å²) in [6.07, 6.45) is 0.484. The predicted octanol–water partition coefficient (Wildman–Crippen LogP) is 3.31. The average molecular weight is 516 g/mol. The molecule has 36 heavy (non-hydrogen) atoms. The molecule has 1 aliphatic heterocycles. The van der Waals surface area contributed by atoms with Crippen molar-refractivity contribution in [1.82, 2.24) is 15.2 Å². The molecular formula is C25H23F2N3O5S. The number of carbonyl (C=O) groups excluding carboxylic acids is 2. The highest BCUT2D eigenvalue weighted by Crippen LogP contribution is 2.41. The largest absolute Gasteiger partial charge is 0.496 e. The first-order valence-corrected chi connectivity index (χ1v) is 12.2. The van der Waals surface area contributed by atoms with E-state index in [0.29, 0.717) is 46.1 Å². The van der Waals surface area contributed by atoms with Gasteiger partial charge in [-0.1, -0.05) is 0 Å². The molecule has 0 bridgehead atoms. The van der Waals surface area contributed by atoms with E-state index >= 15 is 0 Å². The molecule has 5 rings (SSSR count). The van der Waals surface area contributed by atoms with Crippen molar-refractivity contribution in [2.45, 2.75) is 32.2 Å². The minimum atomic E-state index is -1.36. The smallest absolute Gasteiger partial charge is 0.304 e. The molecule has 2 N–H and O–H groups in total. The van der Waals surface area contributed by atoms with Crippen LogP contribution in [0.2, 0.25) is 0 Å². The molecule has 2 heterocycles. The molecule has 1 aliphatic carbocycles. The number of benzene rings is 2. The number of carboxylic acids is 1.